The lowest BCUT2D eigenvalue weighted by Crippen LogP contribution is -2.14. The number of hydrogen-bond acceptors (Lipinski definition) is 4. The Labute approximate surface area is 135 Å². The van der Waals surface area contributed by atoms with Gasteiger partial charge in [-0.05, 0) is 41.5 Å². The minimum atomic E-state index is -0.306. The molecular formula is C18H18N2O3. The van der Waals surface area contributed by atoms with Crippen LogP contribution in [0.25, 0.3) is 6.08 Å². The van der Waals surface area contributed by atoms with Crippen LogP contribution >= 0.6 is 0 Å². The van der Waals surface area contributed by atoms with E-state index in [1.807, 2.05) is 48.5 Å². The number of rotatable bonds is 6. The molecule has 0 unspecified atom stereocenters. The molecule has 0 fully saturated rings. The molecule has 0 spiro atoms. The third-order valence-electron chi connectivity index (χ3n) is 3.03. The molecule has 0 bridgehead atoms. The van der Waals surface area contributed by atoms with Crippen LogP contribution < -0.4 is 14.9 Å². The topological polar surface area (TPSA) is 59.9 Å². The largest absolute Gasteiger partial charge is 0.497 e. The van der Waals surface area contributed by atoms with E-state index in [9.17, 15) is 4.79 Å². The van der Waals surface area contributed by atoms with Crippen LogP contribution in [-0.4, -0.2) is 26.3 Å². The molecule has 0 atom stereocenters. The molecule has 23 heavy (non-hydrogen) atoms. The van der Waals surface area contributed by atoms with Crippen LogP contribution in [0.1, 0.15) is 11.1 Å². The van der Waals surface area contributed by atoms with Crippen molar-refractivity contribution in [2.75, 3.05) is 14.2 Å². The van der Waals surface area contributed by atoms with Crippen molar-refractivity contribution >= 4 is 18.2 Å². The molecule has 0 aliphatic carbocycles. The number of carbonyl (C=O) groups excluding carboxylic acids is 1. The number of hydrazone groups is 1. The molecule has 5 nitrogen and oxygen atoms in total. The average Bonchev–Trinajstić information content (AvgIpc) is 2.60. The van der Waals surface area contributed by atoms with Gasteiger partial charge in [0.05, 0.1) is 20.4 Å². The number of nitrogens with zero attached hydrogens (tertiary/aromatic N) is 1. The van der Waals surface area contributed by atoms with Crippen molar-refractivity contribution < 1.29 is 14.3 Å². The van der Waals surface area contributed by atoms with E-state index in [1.54, 1.807) is 26.5 Å². The van der Waals surface area contributed by atoms with Gasteiger partial charge >= 0.3 is 0 Å². The monoisotopic (exact) mass is 310 g/mol. The van der Waals surface area contributed by atoms with Gasteiger partial charge in [0.15, 0.2) is 0 Å². The molecule has 2 aromatic carbocycles. The van der Waals surface area contributed by atoms with Gasteiger partial charge in [-0.1, -0.05) is 24.3 Å². The van der Waals surface area contributed by atoms with Crippen molar-refractivity contribution in [2.45, 2.75) is 0 Å². The Kier molecular flexibility index (Phi) is 5.94. The van der Waals surface area contributed by atoms with E-state index in [2.05, 4.69) is 10.5 Å². The Hall–Kier alpha value is -3.08. The van der Waals surface area contributed by atoms with Crippen molar-refractivity contribution in [2.24, 2.45) is 5.10 Å². The summed E-state index contributed by atoms with van der Waals surface area (Å²) in [5.74, 6) is 1.20. The van der Waals surface area contributed by atoms with Crippen LogP contribution in [0.4, 0.5) is 0 Å². The highest BCUT2D eigenvalue weighted by Crippen LogP contribution is 2.12. The van der Waals surface area contributed by atoms with Crippen molar-refractivity contribution in [3.63, 3.8) is 0 Å². The molecule has 1 amide bonds. The number of benzene rings is 2. The van der Waals surface area contributed by atoms with Crippen molar-refractivity contribution in [3.8, 4) is 11.5 Å². The van der Waals surface area contributed by atoms with Gasteiger partial charge in [0.1, 0.15) is 11.5 Å². The number of amides is 1. The third-order valence-corrected chi connectivity index (χ3v) is 3.03. The van der Waals surface area contributed by atoms with E-state index >= 15 is 0 Å². The Balaban J connectivity index is 1.88. The van der Waals surface area contributed by atoms with Crippen LogP contribution in [0, 0.1) is 0 Å². The number of carbonyl (C=O) groups is 1. The summed E-state index contributed by atoms with van der Waals surface area (Å²) in [6.45, 7) is 0. The van der Waals surface area contributed by atoms with Gasteiger partial charge in [0.25, 0.3) is 5.91 Å². The van der Waals surface area contributed by atoms with E-state index in [4.69, 9.17) is 9.47 Å². The minimum absolute atomic E-state index is 0.306. The first-order chi connectivity index (χ1) is 11.2. The smallest absolute Gasteiger partial charge is 0.264 e. The molecule has 0 heterocycles. The fourth-order valence-electron chi connectivity index (χ4n) is 1.82. The van der Waals surface area contributed by atoms with Crippen molar-refractivity contribution in [1.82, 2.24) is 5.43 Å². The lowest BCUT2D eigenvalue weighted by molar-refractivity contribution is -0.116. The summed E-state index contributed by atoms with van der Waals surface area (Å²) in [6.07, 6.45) is 4.68. The van der Waals surface area contributed by atoms with Gasteiger partial charge in [-0.15, -0.1) is 0 Å². The average molecular weight is 310 g/mol. The summed E-state index contributed by atoms with van der Waals surface area (Å²) in [7, 11) is 3.21. The highest BCUT2D eigenvalue weighted by Gasteiger charge is 1.95. The van der Waals surface area contributed by atoms with Crippen LogP contribution in [0.5, 0.6) is 11.5 Å². The zero-order chi connectivity index (χ0) is 16.5. The molecule has 0 saturated carbocycles. The lowest BCUT2D eigenvalue weighted by atomic mass is 10.2. The van der Waals surface area contributed by atoms with E-state index in [0.29, 0.717) is 0 Å². The Morgan fingerprint density at radius 2 is 1.74 bits per heavy atom. The Bertz CT molecular complexity index is 706. The van der Waals surface area contributed by atoms with Gasteiger partial charge in [-0.2, -0.15) is 5.10 Å². The number of methoxy groups -OCH3 is 2. The summed E-state index contributed by atoms with van der Waals surface area (Å²) in [4.78, 5) is 11.7. The summed E-state index contributed by atoms with van der Waals surface area (Å²) >= 11 is 0. The van der Waals surface area contributed by atoms with E-state index in [-0.39, 0.29) is 5.91 Å². The SMILES string of the molecule is COc1ccc(/C=C/C(=O)N/N=C/c2cccc(OC)c2)cc1. The molecule has 0 saturated heterocycles. The lowest BCUT2D eigenvalue weighted by Gasteiger charge is -2.00. The number of nitrogens with one attached hydrogen (secondary N) is 1. The number of ether oxygens (including phenoxy) is 2. The maximum Gasteiger partial charge on any atom is 0.264 e. The highest BCUT2D eigenvalue weighted by molar-refractivity contribution is 5.92. The van der Waals surface area contributed by atoms with E-state index in [0.717, 1.165) is 22.6 Å². The zero-order valence-corrected chi connectivity index (χ0v) is 13.0. The van der Waals surface area contributed by atoms with Gasteiger partial charge in [0.2, 0.25) is 0 Å². The molecule has 0 aliphatic heterocycles. The van der Waals surface area contributed by atoms with Crippen LogP contribution in [0.2, 0.25) is 0 Å². The molecule has 0 aliphatic rings. The minimum Gasteiger partial charge on any atom is -0.497 e. The fourth-order valence-corrected chi connectivity index (χ4v) is 1.82. The molecule has 1 N–H and O–H groups in total. The summed E-state index contributed by atoms with van der Waals surface area (Å²) < 4.78 is 10.2. The van der Waals surface area contributed by atoms with E-state index < -0.39 is 0 Å². The predicted molar refractivity (Wildman–Crippen MR) is 90.8 cm³/mol. The van der Waals surface area contributed by atoms with Crippen LogP contribution in [0.15, 0.2) is 59.7 Å². The molecule has 2 aromatic rings. The maximum atomic E-state index is 11.7. The molecule has 0 aromatic heterocycles. The van der Waals surface area contributed by atoms with Gasteiger partial charge in [0, 0.05) is 6.08 Å². The highest BCUT2D eigenvalue weighted by atomic mass is 16.5. The fraction of sp³-hybridized carbons (Fsp3) is 0.111. The summed E-state index contributed by atoms with van der Waals surface area (Å²) in [5, 5.41) is 3.91. The molecule has 0 radical (unpaired) electrons. The second kappa shape index (κ2) is 8.38. The Morgan fingerprint density at radius 3 is 2.43 bits per heavy atom. The van der Waals surface area contributed by atoms with Crippen molar-refractivity contribution in [3.05, 3.63) is 65.7 Å². The first-order valence-corrected chi connectivity index (χ1v) is 7.00. The van der Waals surface area contributed by atoms with E-state index in [1.165, 1.54) is 6.08 Å². The normalized spacial score (nSPS) is 10.9. The molecule has 118 valence electrons. The molecule has 2 rings (SSSR count). The van der Waals surface area contributed by atoms with Crippen LogP contribution in [0.3, 0.4) is 0 Å². The third kappa shape index (κ3) is 5.32. The zero-order valence-electron chi connectivity index (χ0n) is 13.0. The van der Waals surface area contributed by atoms with Gasteiger partial charge in [-0.25, -0.2) is 5.43 Å². The standard InChI is InChI=1S/C18H18N2O3/c1-22-16-9-6-14(7-10-16)8-11-18(21)20-19-13-15-4-3-5-17(12-15)23-2/h3-13H,1-2H3,(H,20,21)/b11-8+,19-13+. The van der Waals surface area contributed by atoms with Crippen LogP contribution in [-0.2, 0) is 4.79 Å². The molecular weight excluding hydrogens is 292 g/mol. The first-order valence-electron chi connectivity index (χ1n) is 7.00. The predicted octanol–water partition coefficient (Wildman–Crippen LogP) is 2.87. The first kappa shape index (κ1) is 16.3. The second-order valence-corrected chi connectivity index (χ2v) is 4.62. The number of hydrogen-bond donors (Lipinski definition) is 1. The van der Waals surface area contributed by atoms with Gasteiger partial charge in [-0.3, -0.25) is 4.79 Å². The van der Waals surface area contributed by atoms with Gasteiger partial charge < -0.3 is 9.47 Å². The molecule has 5 heteroatoms. The Morgan fingerprint density at radius 1 is 1.00 bits per heavy atom. The summed E-state index contributed by atoms with van der Waals surface area (Å²) in [5.41, 5.74) is 4.18. The quantitative estimate of drug-likeness (QED) is 0.507. The maximum absolute atomic E-state index is 11.7. The second-order valence-electron chi connectivity index (χ2n) is 4.62. The summed E-state index contributed by atoms with van der Waals surface area (Å²) in [6, 6.07) is 14.8. The van der Waals surface area contributed by atoms with Crippen molar-refractivity contribution in [1.29, 1.82) is 0 Å².